The van der Waals surface area contributed by atoms with E-state index in [1.165, 1.54) is 12.8 Å². The molecule has 0 spiro atoms. The third-order valence-electron chi connectivity index (χ3n) is 6.34. The molecule has 0 aliphatic carbocycles. The summed E-state index contributed by atoms with van der Waals surface area (Å²) in [6, 6.07) is 5.76. The molecule has 3 N–H and O–H groups in total. The molecule has 0 aromatic heterocycles. The SMILES string of the molecule is C[C@@H](NCc1cccc2c1C(=O)N(C1CCC(=O)NC1=O)C2)C1CCNCC1. The molecule has 2 saturated heterocycles. The Hall–Kier alpha value is -2.25. The molecule has 7 nitrogen and oxygen atoms in total. The van der Waals surface area contributed by atoms with Crippen LogP contribution in [0, 0.1) is 5.92 Å². The van der Waals surface area contributed by atoms with Crippen molar-refractivity contribution < 1.29 is 14.4 Å². The highest BCUT2D eigenvalue weighted by atomic mass is 16.2. The van der Waals surface area contributed by atoms with Crippen LogP contribution in [0.4, 0.5) is 0 Å². The average molecular weight is 384 g/mol. The molecule has 3 aliphatic rings. The monoisotopic (exact) mass is 384 g/mol. The Balaban J connectivity index is 1.46. The normalized spacial score (nSPS) is 24.2. The van der Waals surface area contributed by atoms with E-state index in [1.807, 2.05) is 18.2 Å². The first-order valence-corrected chi connectivity index (χ1v) is 10.2. The van der Waals surface area contributed by atoms with Gasteiger partial charge in [0.2, 0.25) is 11.8 Å². The van der Waals surface area contributed by atoms with Crippen molar-refractivity contribution in [1.29, 1.82) is 0 Å². The van der Waals surface area contributed by atoms with E-state index < -0.39 is 6.04 Å². The number of fused-ring (bicyclic) bond motifs is 1. The molecule has 0 radical (unpaired) electrons. The summed E-state index contributed by atoms with van der Waals surface area (Å²) in [6.07, 6.45) is 3.01. The zero-order valence-corrected chi connectivity index (χ0v) is 16.3. The van der Waals surface area contributed by atoms with Crippen molar-refractivity contribution >= 4 is 17.7 Å². The molecule has 28 heavy (non-hydrogen) atoms. The van der Waals surface area contributed by atoms with Gasteiger partial charge >= 0.3 is 0 Å². The van der Waals surface area contributed by atoms with Crippen LogP contribution in [0.15, 0.2) is 18.2 Å². The van der Waals surface area contributed by atoms with Crippen LogP contribution in [0.3, 0.4) is 0 Å². The first-order valence-electron chi connectivity index (χ1n) is 10.2. The van der Waals surface area contributed by atoms with Gasteiger partial charge in [-0.3, -0.25) is 19.7 Å². The summed E-state index contributed by atoms with van der Waals surface area (Å²) in [7, 11) is 0. The summed E-state index contributed by atoms with van der Waals surface area (Å²) in [6.45, 7) is 5.42. The molecule has 3 heterocycles. The van der Waals surface area contributed by atoms with Gasteiger partial charge in [0.1, 0.15) is 6.04 Å². The summed E-state index contributed by atoms with van der Waals surface area (Å²) >= 11 is 0. The Labute approximate surface area is 165 Å². The lowest BCUT2D eigenvalue weighted by Gasteiger charge is -2.29. The summed E-state index contributed by atoms with van der Waals surface area (Å²) in [5.74, 6) is -0.0797. The van der Waals surface area contributed by atoms with Crippen LogP contribution in [0.25, 0.3) is 0 Å². The summed E-state index contributed by atoms with van der Waals surface area (Å²) < 4.78 is 0. The number of rotatable bonds is 5. The number of carbonyl (C=O) groups excluding carboxylic acids is 3. The van der Waals surface area contributed by atoms with Gasteiger partial charge in [-0.15, -0.1) is 0 Å². The topological polar surface area (TPSA) is 90.5 Å². The Morgan fingerprint density at radius 1 is 1.18 bits per heavy atom. The number of amides is 3. The number of carbonyl (C=O) groups is 3. The van der Waals surface area contributed by atoms with E-state index in [-0.39, 0.29) is 24.1 Å². The maximum atomic E-state index is 13.1. The van der Waals surface area contributed by atoms with E-state index >= 15 is 0 Å². The van der Waals surface area contributed by atoms with Gasteiger partial charge in [-0.05, 0) is 56.3 Å². The molecule has 150 valence electrons. The van der Waals surface area contributed by atoms with E-state index in [1.54, 1.807) is 4.90 Å². The van der Waals surface area contributed by atoms with Gasteiger partial charge < -0.3 is 15.5 Å². The smallest absolute Gasteiger partial charge is 0.255 e. The van der Waals surface area contributed by atoms with Crippen LogP contribution >= 0.6 is 0 Å². The van der Waals surface area contributed by atoms with E-state index in [0.29, 0.717) is 31.5 Å². The fraction of sp³-hybridized carbons (Fsp3) is 0.571. The van der Waals surface area contributed by atoms with Crippen molar-refractivity contribution in [1.82, 2.24) is 20.9 Å². The fourth-order valence-electron chi connectivity index (χ4n) is 4.62. The first kappa shape index (κ1) is 19.1. The lowest BCUT2D eigenvalue weighted by molar-refractivity contribution is -0.136. The second-order valence-corrected chi connectivity index (χ2v) is 8.11. The molecular weight excluding hydrogens is 356 g/mol. The molecule has 3 aliphatic heterocycles. The Kier molecular flexibility index (Phi) is 5.46. The van der Waals surface area contributed by atoms with E-state index in [0.717, 1.165) is 29.8 Å². The number of nitrogens with one attached hydrogen (secondary N) is 3. The third-order valence-corrected chi connectivity index (χ3v) is 6.34. The Morgan fingerprint density at radius 2 is 1.96 bits per heavy atom. The van der Waals surface area contributed by atoms with Crippen LogP contribution in [0.2, 0.25) is 0 Å². The van der Waals surface area contributed by atoms with Crippen LogP contribution in [0.1, 0.15) is 54.1 Å². The minimum atomic E-state index is -0.563. The molecule has 1 aromatic rings. The maximum Gasteiger partial charge on any atom is 0.255 e. The Bertz CT molecular complexity index is 788. The summed E-state index contributed by atoms with van der Waals surface area (Å²) in [5.41, 5.74) is 2.67. The average Bonchev–Trinajstić information content (AvgIpc) is 3.04. The second kappa shape index (κ2) is 8.01. The van der Waals surface area contributed by atoms with Crippen molar-refractivity contribution in [2.75, 3.05) is 13.1 Å². The maximum absolute atomic E-state index is 13.1. The minimum Gasteiger partial charge on any atom is -0.322 e. The van der Waals surface area contributed by atoms with Crippen molar-refractivity contribution in [3.8, 4) is 0 Å². The highest BCUT2D eigenvalue weighted by Crippen LogP contribution is 2.30. The molecule has 1 aromatic carbocycles. The molecule has 7 heteroatoms. The zero-order chi connectivity index (χ0) is 19.7. The van der Waals surface area contributed by atoms with Gasteiger partial charge in [0.25, 0.3) is 5.91 Å². The molecule has 4 rings (SSSR count). The summed E-state index contributed by atoms with van der Waals surface area (Å²) in [5, 5.41) is 9.35. The lowest BCUT2D eigenvalue weighted by Crippen LogP contribution is -2.52. The molecule has 2 fully saturated rings. The van der Waals surface area contributed by atoms with Crippen molar-refractivity contribution in [3.63, 3.8) is 0 Å². The van der Waals surface area contributed by atoms with Gasteiger partial charge in [0, 0.05) is 31.1 Å². The molecular formula is C21H28N4O3. The summed E-state index contributed by atoms with van der Waals surface area (Å²) in [4.78, 5) is 38.4. The van der Waals surface area contributed by atoms with Gasteiger partial charge in [0.05, 0.1) is 0 Å². The number of piperidine rings is 2. The molecule has 0 bridgehead atoms. The second-order valence-electron chi connectivity index (χ2n) is 8.11. The van der Waals surface area contributed by atoms with Gasteiger partial charge in [-0.25, -0.2) is 0 Å². The number of hydrogen-bond donors (Lipinski definition) is 3. The number of imide groups is 1. The van der Waals surface area contributed by atoms with Gasteiger partial charge in [-0.1, -0.05) is 18.2 Å². The molecule has 3 amide bonds. The number of nitrogens with zero attached hydrogens (tertiary/aromatic N) is 1. The van der Waals surface area contributed by atoms with E-state index in [2.05, 4.69) is 22.9 Å². The van der Waals surface area contributed by atoms with Gasteiger partial charge in [-0.2, -0.15) is 0 Å². The minimum absolute atomic E-state index is 0.101. The third kappa shape index (κ3) is 3.69. The predicted molar refractivity (Wildman–Crippen MR) is 104 cm³/mol. The molecule has 0 saturated carbocycles. The predicted octanol–water partition coefficient (Wildman–Crippen LogP) is 0.925. The standard InChI is InChI=1S/C21H28N4O3/c1-13(14-7-9-22-10-8-14)23-11-15-3-2-4-16-12-25(21(28)19(15)16)17-5-6-18(26)24-20(17)27/h2-4,13-14,17,22-23H,5-12H2,1H3,(H,24,26,27)/t13-,17?/m1/s1. The largest absolute Gasteiger partial charge is 0.322 e. The lowest BCUT2D eigenvalue weighted by atomic mass is 9.91. The zero-order valence-electron chi connectivity index (χ0n) is 16.3. The van der Waals surface area contributed by atoms with Crippen LogP contribution < -0.4 is 16.0 Å². The van der Waals surface area contributed by atoms with Crippen molar-refractivity contribution in [2.24, 2.45) is 5.92 Å². The number of hydrogen-bond acceptors (Lipinski definition) is 5. The fourth-order valence-corrected chi connectivity index (χ4v) is 4.62. The van der Waals surface area contributed by atoms with Gasteiger partial charge in [0.15, 0.2) is 0 Å². The molecule has 1 unspecified atom stereocenters. The Morgan fingerprint density at radius 3 is 2.71 bits per heavy atom. The van der Waals surface area contributed by atoms with Crippen molar-refractivity contribution in [3.05, 3.63) is 34.9 Å². The first-order chi connectivity index (χ1) is 13.5. The highest BCUT2D eigenvalue weighted by molar-refractivity contribution is 6.05. The van der Waals surface area contributed by atoms with Crippen LogP contribution in [-0.4, -0.2) is 47.8 Å². The highest BCUT2D eigenvalue weighted by Gasteiger charge is 2.39. The van der Waals surface area contributed by atoms with E-state index in [9.17, 15) is 14.4 Å². The van der Waals surface area contributed by atoms with Crippen molar-refractivity contribution in [2.45, 2.75) is 57.8 Å². The van der Waals surface area contributed by atoms with Crippen LogP contribution in [-0.2, 0) is 22.7 Å². The molecule has 2 atom stereocenters. The van der Waals surface area contributed by atoms with Crippen LogP contribution in [0.5, 0.6) is 0 Å². The quantitative estimate of drug-likeness (QED) is 0.657. The number of benzene rings is 1. The van der Waals surface area contributed by atoms with E-state index in [4.69, 9.17) is 0 Å².